The van der Waals surface area contributed by atoms with Crippen molar-refractivity contribution < 1.29 is 4.74 Å². The summed E-state index contributed by atoms with van der Waals surface area (Å²) in [5.41, 5.74) is 0. The van der Waals surface area contributed by atoms with Crippen LogP contribution in [0.15, 0.2) is 0 Å². The highest BCUT2D eigenvalue weighted by Gasteiger charge is 2.34. The Labute approximate surface area is 120 Å². The van der Waals surface area contributed by atoms with Gasteiger partial charge in [0, 0.05) is 12.6 Å². The Morgan fingerprint density at radius 1 is 1.05 bits per heavy atom. The normalized spacial score (nSPS) is 31.1. The third-order valence-electron chi connectivity index (χ3n) is 4.52. The summed E-state index contributed by atoms with van der Waals surface area (Å²) in [7, 11) is 0. The van der Waals surface area contributed by atoms with Gasteiger partial charge in [0.1, 0.15) is 0 Å². The maximum absolute atomic E-state index is 6.06. The van der Waals surface area contributed by atoms with E-state index in [1.165, 1.54) is 32.1 Å². The zero-order valence-corrected chi connectivity index (χ0v) is 13.7. The Morgan fingerprint density at radius 3 is 2.16 bits per heavy atom. The van der Waals surface area contributed by atoms with Crippen molar-refractivity contribution in [3.63, 3.8) is 0 Å². The second-order valence-electron chi connectivity index (χ2n) is 6.54. The van der Waals surface area contributed by atoms with Gasteiger partial charge in [-0.05, 0) is 56.9 Å². The first-order valence-corrected chi connectivity index (χ1v) is 8.47. The van der Waals surface area contributed by atoms with E-state index in [-0.39, 0.29) is 0 Å². The van der Waals surface area contributed by atoms with Crippen LogP contribution in [0.2, 0.25) is 0 Å². The van der Waals surface area contributed by atoms with Crippen LogP contribution in [0.3, 0.4) is 0 Å². The molecule has 4 atom stereocenters. The molecule has 1 saturated carbocycles. The standard InChI is InChI=1S/C17H35NO/c1-6-9-16(19-8-3)17(18-7-2)15-11-13(4)10-14(5)12-15/h13-18H,6-12H2,1-5H3. The lowest BCUT2D eigenvalue weighted by molar-refractivity contribution is -0.00107. The second-order valence-corrected chi connectivity index (χ2v) is 6.54. The summed E-state index contributed by atoms with van der Waals surface area (Å²) in [5.74, 6) is 2.54. The van der Waals surface area contributed by atoms with Crippen LogP contribution in [0.1, 0.15) is 66.7 Å². The molecule has 0 radical (unpaired) electrons. The van der Waals surface area contributed by atoms with Gasteiger partial charge in [0.2, 0.25) is 0 Å². The zero-order valence-electron chi connectivity index (χ0n) is 13.7. The molecule has 0 heterocycles. The largest absolute Gasteiger partial charge is 0.377 e. The van der Waals surface area contributed by atoms with Gasteiger partial charge in [0.05, 0.1) is 6.10 Å². The summed E-state index contributed by atoms with van der Waals surface area (Å²) in [5, 5.41) is 3.74. The minimum Gasteiger partial charge on any atom is -0.377 e. The summed E-state index contributed by atoms with van der Waals surface area (Å²) in [6.07, 6.45) is 6.94. The molecule has 1 fully saturated rings. The molecule has 1 aliphatic rings. The molecule has 1 aliphatic carbocycles. The van der Waals surface area contributed by atoms with Gasteiger partial charge in [-0.25, -0.2) is 0 Å². The van der Waals surface area contributed by atoms with Crippen molar-refractivity contribution in [2.24, 2.45) is 17.8 Å². The van der Waals surface area contributed by atoms with Gasteiger partial charge in [0.25, 0.3) is 0 Å². The monoisotopic (exact) mass is 269 g/mol. The van der Waals surface area contributed by atoms with E-state index in [2.05, 4.69) is 39.9 Å². The van der Waals surface area contributed by atoms with Gasteiger partial charge < -0.3 is 10.1 Å². The van der Waals surface area contributed by atoms with Crippen LogP contribution in [0.25, 0.3) is 0 Å². The van der Waals surface area contributed by atoms with Gasteiger partial charge in [-0.2, -0.15) is 0 Å². The molecule has 0 saturated heterocycles. The summed E-state index contributed by atoms with van der Waals surface area (Å²) in [6, 6.07) is 0.551. The van der Waals surface area contributed by atoms with Crippen molar-refractivity contribution >= 4 is 0 Å². The Kier molecular flexibility index (Phi) is 8.01. The molecule has 2 heteroatoms. The highest BCUT2D eigenvalue weighted by molar-refractivity contribution is 4.88. The predicted molar refractivity (Wildman–Crippen MR) is 83.5 cm³/mol. The number of nitrogens with one attached hydrogen (secondary N) is 1. The summed E-state index contributed by atoms with van der Waals surface area (Å²) in [4.78, 5) is 0. The van der Waals surface area contributed by atoms with Crippen molar-refractivity contribution in [3.8, 4) is 0 Å². The minimum atomic E-state index is 0.400. The lowest BCUT2D eigenvalue weighted by Gasteiger charge is -2.40. The minimum absolute atomic E-state index is 0.400. The molecule has 1 rings (SSSR count). The topological polar surface area (TPSA) is 21.3 Å². The molecule has 2 nitrogen and oxygen atoms in total. The van der Waals surface area contributed by atoms with Crippen molar-refractivity contribution in [2.75, 3.05) is 13.2 Å². The Balaban J connectivity index is 2.72. The van der Waals surface area contributed by atoms with Crippen LogP contribution in [0, 0.1) is 17.8 Å². The van der Waals surface area contributed by atoms with Gasteiger partial charge in [-0.3, -0.25) is 0 Å². The van der Waals surface area contributed by atoms with E-state index in [0.717, 1.165) is 30.9 Å². The van der Waals surface area contributed by atoms with E-state index < -0.39 is 0 Å². The fourth-order valence-electron chi connectivity index (χ4n) is 4.00. The molecule has 0 spiro atoms. The highest BCUT2D eigenvalue weighted by Crippen LogP contribution is 2.36. The quantitative estimate of drug-likeness (QED) is 0.711. The van der Waals surface area contributed by atoms with E-state index in [4.69, 9.17) is 4.74 Å². The first kappa shape index (κ1) is 17.0. The number of hydrogen-bond acceptors (Lipinski definition) is 2. The number of hydrogen-bond donors (Lipinski definition) is 1. The molecular weight excluding hydrogens is 234 g/mol. The molecule has 0 amide bonds. The molecule has 0 aromatic heterocycles. The van der Waals surface area contributed by atoms with Gasteiger partial charge in [-0.15, -0.1) is 0 Å². The predicted octanol–water partition coefficient (Wildman–Crippen LogP) is 4.24. The van der Waals surface area contributed by atoms with Crippen molar-refractivity contribution in [2.45, 2.75) is 78.9 Å². The zero-order chi connectivity index (χ0) is 14.3. The van der Waals surface area contributed by atoms with Crippen molar-refractivity contribution in [1.82, 2.24) is 5.32 Å². The maximum atomic E-state index is 6.06. The third kappa shape index (κ3) is 5.43. The highest BCUT2D eigenvalue weighted by atomic mass is 16.5. The Hall–Kier alpha value is -0.0800. The van der Waals surface area contributed by atoms with Crippen LogP contribution in [0.4, 0.5) is 0 Å². The van der Waals surface area contributed by atoms with Crippen LogP contribution in [-0.2, 0) is 4.74 Å². The number of likely N-dealkylation sites (N-methyl/N-ethyl adjacent to an activating group) is 1. The molecule has 0 aromatic rings. The first-order valence-electron chi connectivity index (χ1n) is 8.47. The SMILES string of the molecule is CCCC(OCC)C(NCC)C1CC(C)CC(C)C1. The molecule has 0 bridgehead atoms. The van der Waals surface area contributed by atoms with Crippen molar-refractivity contribution in [3.05, 3.63) is 0 Å². The number of rotatable bonds is 8. The first-order chi connectivity index (χ1) is 9.12. The van der Waals surface area contributed by atoms with Gasteiger partial charge in [-0.1, -0.05) is 34.1 Å². The van der Waals surface area contributed by atoms with Crippen LogP contribution < -0.4 is 5.32 Å². The third-order valence-corrected chi connectivity index (χ3v) is 4.52. The molecule has 114 valence electrons. The maximum Gasteiger partial charge on any atom is 0.0730 e. The van der Waals surface area contributed by atoms with E-state index in [1.807, 2.05) is 0 Å². The van der Waals surface area contributed by atoms with Crippen LogP contribution in [0.5, 0.6) is 0 Å². The Morgan fingerprint density at radius 2 is 1.68 bits per heavy atom. The Bertz CT molecular complexity index is 215. The summed E-state index contributed by atoms with van der Waals surface area (Å²) < 4.78 is 6.06. The van der Waals surface area contributed by atoms with E-state index in [9.17, 15) is 0 Å². The molecular formula is C17H35NO. The average molecular weight is 269 g/mol. The molecule has 1 N–H and O–H groups in total. The van der Waals surface area contributed by atoms with Crippen LogP contribution in [-0.4, -0.2) is 25.3 Å². The van der Waals surface area contributed by atoms with E-state index >= 15 is 0 Å². The molecule has 0 aromatic carbocycles. The van der Waals surface area contributed by atoms with Crippen molar-refractivity contribution in [1.29, 1.82) is 0 Å². The number of ether oxygens (including phenoxy) is 1. The summed E-state index contributed by atoms with van der Waals surface area (Å²) >= 11 is 0. The molecule has 4 unspecified atom stereocenters. The van der Waals surface area contributed by atoms with Gasteiger partial charge in [0.15, 0.2) is 0 Å². The lowest BCUT2D eigenvalue weighted by atomic mass is 9.72. The molecule has 0 aliphatic heterocycles. The summed E-state index contributed by atoms with van der Waals surface area (Å²) in [6.45, 7) is 13.3. The second kappa shape index (κ2) is 8.97. The fourth-order valence-corrected chi connectivity index (χ4v) is 4.00. The van der Waals surface area contributed by atoms with E-state index in [0.29, 0.717) is 12.1 Å². The van der Waals surface area contributed by atoms with Gasteiger partial charge >= 0.3 is 0 Å². The average Bonchev–Trinajstić information content (AvgIpc) is 2.34. The smallest absolute Gasteiger partial charge is 0.0730 e. The van der Waals surface area contributed by atoms with E-state index in [1.54, 1.807) is 0 Å². The fraction of sp³-hybridized carbons (Fsp3) is 1.00. The van der Waals surface area contributed by atoms with Crippen LogP contribution >= 0.6 is 0 Å². The lowest BCUT2D eigenvalue weighted by Crippen LogP contribution is -2.48. The molecule has 19 heavy (non-hydrogen) atoms.